The van der Waals surface area contributed by atoms with E-state index in [1.165, 1.54) is 6.92 Å². The van der Waals surface area contributed by atoms with E-state index in [-0.39, 0.29) is 5.91 Å². The van der Waals surface area contributed by atoms with Crippen molar-refractivity contribution in [3.8, 4) is 6.07 Å². The van der Waals surface area contributed by atoms with Crippen molar-refractivity contribution < 1.29 is 4.79 Å². The molecule has 2 rings (SSSR count). The van der Waals surface area contributed by atoms with Gasteiger partial charge < -0.3 is 10.6 Å². The molecule has 0 heterocycles. The van der Waals surface area contributed by atoms with Crippen LogP contribution in [0.1, 0.15) is 18.1 Å². The largest absolute Gasteiger partial charge is 0.380 e. The van der Waals surface area contributed by atoms with Crippen LogP contribution in [0.5, 0.6) is 0 Å². The summed E-state index contributed by atoms with van der Waals surface area (Å²) in [5.41, 5.74) is 2.87. The molecule has 0 saturated heterocycles. The molecule has 4 nitrogen and oxygen atoms in total. The summed E-state index contributed by atoms with van der Waals surface area (Å²) in [5, 5.41) is 15.6. The predicted molar refractivity (Wildman–Crippen MR) is 84.2 cm³/mol. The molecule has 5 heteroatoms. The highest BCUT2D eigenvalue weighted by Gasteiger charge is 2.06. The first-order chi connectivity index (χ1) is 10.1. The summed E-state index contributed by atoms with van der Waals surface area (Å²) >= 11 is 5.95. The van der Waals surface area contributed by atoms with Gasteiger partial charge in [0, 0.05) is 24.2 Å². The fourth-order valence-electron chi connectivity index (χ4n) is 1.94. The van der Waals surface area contributed by atoms with Crippen molar-refractivity contribution in [2.75, 3.05) is 10.6 Å². The Kier molecular flexibility index (Phi) is 4.81. The maximum atomic E-state index is 11.2. The molecule has 1 amide bonds. The third kappa shape index (κ3) is 3.98. The lowest BCUT2D eigenvalue weighted by atomic mass is 10.1. The van der Waals surface area contributed by atoms with E-state index in [2.05, 4.69) is 16.7 Å². The number of para-hydroxylation sites is 1. The zero-order valence-corrected chi connectivity index (χ0v) is 12.2. The van der Waals surface area contributed by atoms with E-state index >= 15 is 0 Å². The van der Waals surface area contributed by atoms with Crippen molar-refractivity contribution in [2.45, 2.75) is 13.5 Å². The van der Waals surface area contributed by atoms with Gasteiger partial charge in [0.1, 0.15) is 6.07 Å². The number of nitriles is 1. The summed E-state index contributed by atoms with van der Waals surface area (Å²) in [6.07, 6.45) is 0. The second-order valence-electron chi connectivity index (χ2n) is 4.49. The molecule has 0 saturated carbocycles. The third-order valence-electron chi connectivity index (χ3n) is 2.90. The predicted octanol–water partition coefficient (Wildman–Crippen LogP) is 3.78. The first kappa shape index (κ1) is 14.9. The summed E-state index contributed by atoms with van der Waals surface area (Å²) < 4.78 is 0. The molecule has 21 heavy (non-hydrogen) atoms. The highest BCUT2D eigenvalue weighted by Crippen LogP contribution is 2.22. The Balaban J connectivity index is 2.19. The van der Waals surface area contributed by atoms with Crippen molar-refractivity contribution in [1.82, 2.24) is 0 Å². The quantitative estimate of drug-likeness (QED) is 0.903. The van der Waals surface area contributed by atoms with Crippen molar-refractivity contribution in [2.24, 2.45) is 0 Å². The molecule has 0 unspecified atom stereocenters. The second kappa shape index (κ2) is 6.78. The number of anilines is 2. The standard InChI is InChI=1S/C16H14ClN3O/c1-11(21)20-15-5-3-2-4-13(15)10-19-16-8-14(17)7-6-12(16)9-18/h2-8,19H,10H2,1H3,(H,20,21). The summed E-state index contributed by atoms with van der Waals surface area (Å²) in [4.78, 5) is 11.2. The molecule has 0 aliphatic rings. The third-order valence-corrected chi connectivity index (χ3v) is 3.13. The van der Waals surface area contributed by atoms with Crippen molar-refractivity contribution >= 4 is 28.9 Å². The fraction of sp³-hybridized carbons (Fsp3) is 0.125. The second-order valence-corrected chi connectivity index (χ2v) is 4.93. The van der Waals surface area contributed by atoms with E-state index in [0.717, 1.165) is 11.3 Å². The monoisotopic (exact) mass is 299 g/mol. The van der Waals surface area contributed by atoms with Gasteiger partial charge in [-0.25, -0.2) is 0 Å². The van der Waals surface area contributed by atoms with Crippen LogP contribution in [0.25, 0.3) is 0 Å². The van der Waals surface area contributed by atoms with E-state index < -0.39 is 0 Å². The lowest BCUT2D eigenvalue weighted by Crippen LogP contribution is -2.10. The maximum absolute atomic E-state index is 11.2. The molecular weight excluding hydrogens is 286 g/mol. The van der Waals surface area contributed by atoms with Gasteiger partial charge in [-0.1, -0.05) is 29.8 Å². The van der Waals surface area contributed by atoms with Gasteiger partial charge in [-0.2, -0.15) is 5.26 Å². The molecule has 0 radical (unpaired) electrons. The number of halogens is 1. The minimum atomic E-state index is -0.122. The number of hydrogen-bond donors (Lipinski definition) is 2. The summed E-state index contributed by atoms with van der Waals surface area (Å²) in [7, 11) is 0. The molecule has 0 bridgehead atoms. The molecule has 0 aliphatic heterocycles. The van der Waals surface area contributed by atoms with Crippen LogP contribution in [0, 0.1) is 11.3 Å². The minimum Gasteiger partial charge on any atom is -0.380 e. The molecule has 0 spiro atoms. The number of carbonyl (C=O) groups excluding carboxylic acids is 1. The Bertz CT molecular complexity index is 707. The van der Waals surface area contributed by atoms with Gasteiger partial charge in [0.05, 0.1) is 11.3 Å². The van der Waals surface area contributed by atoms with Crippen LogP contribution < -0.4 is 10.6 Å². The number of benzene rings is 2. The Labute approximate surface area is 128 Å². The fourth-order valence-corrected chi connectivity index (χ4v) is 2.11. The smallest absolute Gasteiger partial charge is 0.221 e. The van der Waals surface area contributed by atoms with E-state index in [1.807, 2.05) is 24.3 Å². The van der Waals surface area contributed by atoms with Crippen LogP contribution >= 0.6 is 11.6 Å². The molecule has 0 aliphatic carbocycles. The molecule has 2 N–H and O–H groups in total. The SMILES string of the molecule is CC(=O)Nc1ccccc1CNc1cc(Cl)ccc1C#N. The summed E-state index contributed by atoms with van der Waals surface area (Å²) in [6.45, 7) is 1.94. The first-order valence-electron chi connectivity index (χ1n) is 6.39. The van der Waals surface area contributed by atoms with Crippen LogP contribution in [-0.4, -0.2) is 5.91 Å². The lowest BCUT2D eigenvalue weighted by molar-refractivity contribution is -0.114. The normalized spacial score (nSPS) is 9.76. The van der Waals surface area contributed by atoms with Crippen molar-refractivity contribution in [1.29, 1.82) is 5.26 Å². The van der Waals surface area contributed by atoms with Gasteiger partial charge in [0.15, 0.2) is 0 Å². The Morgan fingerprint density at radius 3 is 2.71 bits per heavy atom. The van der Waals surface area contributed by atoms with Gasteiger partial charge in [0.2, 0.25) is 5.91 Å². The van der Waals surface area contributed by atoms with E-state index in [0.29, 0.717) is 22.8 Å². The Morgan fingerprint density at radius 2 is 2.00 bits per heavy atom. The van der Waals surface area contributed by atoms with Crippen LogP contribution in [-0.2, 0) is 11.3 Å². The minimum absolute atomic E-state index is 0.122. The number of amides is 1. The van der Waals surface area contributed by atoms with E-state index in [1.54, 1.807) is 18.2 Å². The van der Waals surface area contributed by atoms with Gasteiger partial charge in [-0.15, -0.1) is 0 Å². The lowest BCUT2D eigenvalue weighted by Gasteiger charge is -2.12. The van der Waals surface area contributed by atoms with Crippen molar-refractivity contribution in [3.05, 3.63) is 58.6 Å². The van der Waals surface area contributed by atoms with Crippen LogP contribution in [0.4, 0.5) is 11.4 Å². The zero-order valence-electron chi connectivity index (χ0n) is 11.5. The Morgan fingerprint density at radius 1 is 1.24 bits per heavy atom. The van der Waals surface area contributed by atoms with Gasteiger partial charge in [-0.3, -0.25) is 4.79 Å². The van der Waals surface area contributed by atoms with Crippen LogP contribution in [0.15, 0.2) is 42.5 Å². The topological polar surface area (TPSA) is 64.9 Å². The average molecular weight is 300 g/mol. The van der Waals surface area contributed by atoms with Crippen LogP contribution in [0.2, 0.25) is 5.02 Å². The number of carbonyl (C=O) groups is 1. The van der Waals surface area contributed by atoms with Gasteiger partial charge in [0.25, 0.3) is 0 Å². The Hall–Kier alpha value is -2.51. The summed E-state index contributed by atoms with van der Waals surface area (Å²) in [6, 6.07) is 14.7. The molecule has 0 aromatic heterocycles. The summed E-state index contributed by atoms with van der Waals surface area (Å²) in [5.74, 6) is -0.122. The van der Waals surface area contributed by atoms with Crippen LogP contribution in [0.3, 0.4) is 0 Å². The first-order valence-corrected chi connectivity index (χ1v) is 6.77. The zero-order chi connectivity index (χ0) is 15.2. The molecule has 0 atom stereocenters. The number of nitrogens with one attached hydrogen (secondary N) is 2. The number of hydrogen-bond acceptors (Lipinski definition) is 3. The highest BCUT2D eigenvalue weighted by atomic mass is 35.5. The highest BCUT2D eigenvalue weighted by molar-refractivity contribution is 6.30. The number of rotatable bonds is 4. The van der Waals surface area contributed by atoms with Gasteiger partial charge in [-0.05, 0) is 29.8 Å². The molecule has 2 aromatic rings. The van der Waals surface area contributed by atoms with Crippen molar-refractivity contribution in [3.63, 3.8) is 0 Å². The maximum Gasteiger partial charge on any atom is 0.221 e. The molecule has 2 aromatic carbocycles. The molecular formula is C16H14ClN3O. The van der Waals surface area contributed by atoms with E-state index in [4.69, 9.17) is 16.9 Å². The molecule has 106 valence electrons. The van der Waals surface area contributed by atoms with Gasteiger partial charge >= 0.3 is 0 Å². The van der Waals surface area contributed by atoms with E-state index in [9.17, 15) is 4.79 Å². The molecule has 0 fully saturated rings. The average Bonchev–Trinajstić information content (AvgIpc) is 2.46. The number of nitrogens with zero attached hydrogens (tertiary/aromatic N) is 1.